The third kappa shape index (κ3) is 2.19. The predicted molar refractivity (Wildman–Crippen MR) is 58.3 cm³/mol. The lowest BCUT2D eigenvalue weighted by atomic mass is 9.97. The average molecular weight is 242 g/mol. The SMILES string of the molecule is [CH2]C(CF)c1cccc(Br)c1C=C. The summed E-state index contributed by atoms with van der Waals surface area (Å²) >= 11 is 3.38. The highest BCUT2D eigenvalue weighted by Crippen LogP contribution is 2.27. The lowest BCUT2D eigenvalue weighted by Gasteiger charge is -2.12. The van der Waals surface area contributed by atoms with E-state index in [4.69, 9.17) is 0 Å². The van der Waals surface area contributed by atoms with E-state index in [0.29, 0.717) is 0 Å². The van der Waals surface area contributed by atoms with Crippen molar-refractivity contribution in [2.24, 2.45) is 0 Å². The Bertz CT molecular complexity index is 307. The molecule has 2 heteroatoms. The van der Waals surface area contributed by atoms with Crippen LogP contribution < -0.4 is 0 Å². The smallest absolute Gasteiger partial charge is 0.0963 e. The van der Waals surface area contributed by atoms with E-state index in [1.165, 1.54) is 0 Å². The molecule has 0 spiro atoms. The van der Waals surface area contributed by atoms with Crippen LogP contribution in [0.15, 0.2) is 29.3 Å². The van der Waals surface area contributed by atoms with Gasteiger partial charge in [0.15, 0.2) is 0 Å². The molecule has 0 aliphatic rings. The molecule has 0 N–H and O–H groups in total. The van der Waals surface area contributed by atoms with Gasteiger partial charge in [0.1, 0.15) is 0 Å². The zero-order valence-corrected chi connectivity index (χ0v) is 8.85. The molecule has 0 saturated carbocycles. The van der Waals surface area contributed by atoms with E-state index in [-0.39, 0.29) is 5.92 Å². The Morgan fingerprint density at radius 2 is 2.23 bits per heavy atom. The largest absolute Gasteiger partial charge is 0.250 e. The summed E-state index contributed by atoms with van der Waals surface area (Å²) < 4.78 is 13.3. The number of halogens is 2. The van der Waals surface area contributed by atoms with Crippen LogP contribution in [-0.4, -0.2) is 6.67 Å². The maximum atomic E-state index is 12.4. The third-order valence-corrected chi connectivity index (χ3v) is 2.61. The second-order valence-electron chi connectivity index (χ2n) is 2.80. The first-order valence-electron chi connectivity index (χ1n) is 4.00. The first-order chi connectivity index (χ1) is 6.20. The van der Waals surface area contributed by atoms with E-state index < -0.39 is 6.67 Å². The van der Waals surface area contributed by atoms with Gasteiger partial charge in [-0.1, -0.05) is 40.7 Å². The molecule has 1 unspecified atom stereocenters. The standard InChI is InChI=1S/C11H11BrF/c1-3-9-10(8(2)7-13)5-4-6-11(9)12/h3-6,8H,1-2,7H2. The van der Waals surface area contributed by atoms with Gasteiger partial charge in [-0.25, -0.2) is 0 Å². The first kappa shape index (κ1) is 10.5. The Balaban J connectivity index is 3.19. The second kappa shape index (κ2) is 4.56. The summed E-state index contributed by atoms with van der Waals surface area (Å²) in [5, 5.41) is 0. The Morgan fingerprint density at radius 3 is 2.77 bits per heavy atom. The molecule has 0 aromatic heterocycles. The molecule has 0 aliphatic carbocycles. The van der Waals surface area contributed by atoms with Crippen LogP contribution in [0.4, 0.5) is 4.39 Å². The topological polar surface area (TPSA) is 0 Å². The Kier molecular flexibility index (Phi) is 3.67. The summed E-state index contributed by atoms with van der Waals surface area (Å²) in [6.07, 6.45) is 1.72. The van der Waals surface area contributed by atoms with Crippen LogP contribution in [0.25, 0.3) is 6.08 Å². The summed E-state index contributed by atoms with van der Waals surface area (Å²) in [7, 11) is 0. The number of rotatable bonds is 3. The third-order valence-electron chi connectivity index (χ3n) is 1.92. The normalized spacial score (nSPS) is 12.5. The average Bonchev–Trinajstić information content (AvgIpc) is 2.16. The molecule has 0 nitrogen and oxygen atoms in total. The van der Waals surface area contributed by atoms with Crippen LogP contribution in [0.2, 0.25) is 0 Å². The molecule has 0 heterocycles. The van der Waals surface area contributed by atoms with Crippen molar-refractivity contribution >= 4 is 22.0 Å². The highest BCUT2D eigenvalue weighted by atomic mass is 79.9. The van der Waals surface area contributed by atoms with Crippen molar-refractivity contribution in [1.82, 2.24) is 0 Å². The van der Waals surface area contributed by atoms with Gasteiger partial charge in [0.2, 0.25) is 0 Å². The van der Waals surface area contributed by atoms with Crippen molar-refractivity contribution in [3.8, 4) is 0 Å². The van der Waals surface area contributed by atoms with E-state index >= 15 is 0 Å². The van der Waals surface area contributed by atoms with Crippen LogP contribution in [0.3, 0.4) is 0 Å². The van der Waals surface area contributed by atoms with E-state index in [2.05, 4.69) is 29.4 Å². The highest BCUT2D eigenvalue weighted by molar-refractivity contribution is 9.10. The molecule has 1 aromatic carbocycles. The van der Waals surface area contributed by atoms with Crippen LogP contribution in [-0.2, 0) is 0 Å². The van der Waals surface area contributed by atoms with E-state index in [1.54, 1.807) is 6.08 Å². The van der Waals surface area contributed by atoms with Gasteiger partial charge in [0.05, 0.1) is 6.67 Å². The van der Waals surface area contributed by atoms with Crippen molar-refractivity contribution in [3.05, 3.63) is 47.3 Å². The maximum Gasteiger partial charge on any atom is 0.0963 e. The molecule has 0 fully saturated rings. The zero-order chi connectivity index (χ0) is 9.84. The quantitative estimate of drug-likeness (QED) is 0.752. The summed E-state index contributed by atoms with van der Waals surface area (Å²) in [6, 6.07) is 5.66. The molecular formula is C11H11BrF. The summed E-state index contributed by atoms with van der Waals surface area (Å²) in [5.41, 5.74) is 1.83. The second-order valence-corrected chi connectivity index (χ2v) is 3.65. The Labute approximate surface area is 86.6 Å². The van der Waals surface area contributed by atoms with Crippen LogP contribution in [0, 0.1) is 6.92 Å². The molecule has 0 amide bonds. The van der Waals surface area contributed by atoms with E-state index in [1.807, 2.05) is 18.2 Å². The van der Waals surface area contributed by atoms with Gasteiger partial charge in [-0.15, -0.1) is 0 Å². The molecule has 0 aliphatic heterocycles. The van der Waals surface area contributed by atoms with Crippen molar-refractivity contribution in [2.75, 3.05) is 6.67 Å². The van der Waals surface area contributed by atoms with Crippen molar-refractivity contribution in [1.29, 1.82) is 0 Å². The first-order valence-corrected chi connectivity index (χ1v) is 4.80. The van der Waals surface area contributed by atoms with Gasteiger partial charge < -0.3 is 0 Å². The molecule has 13 heavy (non-hydrogen) atoms. The molecule has 1 aromatic rings. The number of benzene rings is 1. The minimum atomic E-state index is -0.447. The van der Waals surface area contributed by atoms with Gasteiger partial charge in [-0.3, -0.25) is 4.39 Å². The van der Waals surface area contributed by atoms with Crippen molar-refractivity contribution in [3.63, 3.8) is 0 Å². The van der Waals surface area contributed by atoms with Crippen molar-refractivity contribution in [2.45, 2.75) is 5.92 Å². The monoisotopic (exact) mass is 241 g/mol. The number of hydrogen-bond acceptors (Lipinski definition) is 0. The fourth-order valence-electron chi connectivity index (χ4n) is 1.21. The predicted octanol–water partition coefficient (Wildman–Crippen LogP) is 3.98. The van der Waals surface area contributed by atoms with Gasteiger partial charge in [-0.05, 0) is 24.1 Å². The summed E-state index contributed by atoms with van der Waals surface area (Å²) in [4.78, 5) is 0. The molecule has 1 rings (SSSR count). The van der Waals surface area contributed by atoms with Gasteiger partial charge in [-0.2, -0.15) is 0 Å². The maximum absolute atomic E-state index is 12.4. The summed E-state index contributed by atoms with van der Waals surface area (Å²) in [5.74, 6) is -0.314. The van der Waals surface area contributed by atoms with Crippen molar-refractivity contribution < 1.29 is 4.39 Å². The molecule has 1 radical (unpaired) electrons. The van der Waals surface area contributed by atoms with Crippen LogP contribution in [0.5, 0.6) is 0 Å². The van der Waals surface area contributed by atoms with Gasteiger partial charge in [0.25, 0.3) is 0 Å². The summed E-state index contributed by atoms with van der Waals surface area (Å²) in [6.45, 7) is 6.97. The Hall–Kier alpha value is -0.630. The molecule has 0 bridgehead atoms. The van der Waals surface area contributed by atoms with E-state index in [0.717, 1.165) is 15.6 Å². The highest BCUT2D eigenvalue weighted by Gasteiger charge is 2.10. The molecular weight excluding hydrogens is 231 g/mol. The fourth-order valence-corrected chi connectivity index (χ4v) is 1.75. The minimum Gasteiger partial charge on any atom is -0.250 e. The molecule has 0 saturated heterocycles. The molecule has 1 atom stereocenters. The molecule has 69 valence electrons. The van der Waals surface area contributed by atoms with Gasteiger partial charge >= 0.3 is 0 Å². The Morgan fingerprint density at radius 1 is 1.54 bits per heavy atom. The van der Waals surface area contributed by atoms with Gasteiger partial charge in [0, 0.05) is 10.4 Å². The lowest BCUT2D eigenvalue weighted by molar-refractivity contribution is 0.465. The lowest BCUT2D eigenvalue weighted by Crippen LogP contribution is -1.98. The number of alkyl halides is 1. The fraction of sp³-hybridized carbons (Fsp3) is 0.182. The van der Waals surface area contributed by atoms with E-state index in [9.17, 15) is 4.39 Å². The van der Waals surface area contributed by atoms with Crippen LogP contribution >= 0.6 is 15.9 Å². The number of hydrogen-bond donors (Lipinski definition) is 0. The zero-order valence-electron chi connectivity index (χ0n) is 7.26. The van der Waals surface area contributed by atoms with Crippen LogP contribution in [0.1, 0.15) is 17.0 Å². The minimum absolute atomic E-state index is 0.314.